The number of rotatable bonds is 7. The second-order valence-electron chi connectivity index (χ2n) is 6.25. The van der Waals surface area contributed by atoms with Crippen molar-refractivity contribution >= 4 is 40.8 Å². The molecular formula is C20H20ClN3O4. The van der Waals surface area contributed by atoms with E-state index in [0.717, 1.165) is 4.90 Å². The van der Waals surface area contributed by atoms with E-state index in [-0.39, 0.29) is 25.5 Å². The molecule has 2 aromatic rings. The number of nitrogens with one attached hydrogen (secondary N) is 1. The van der Waals surface area contributed by atoms with Gasteiger partial charge in [-0.3, -0.25) is 9.59 Å². The molecule has 0 aromatic heterocycles. The van der Waals surface area contributed by atoms with Crippen LogP contribution in [0.2, 0.25) is 5.02 Å². The Kier molecular flexibility index (Phi) is 6.28. The van der Waals surface area contributed by atoms with Crippen molar-refractivity contribution in [3.05, 3.63) is 59.6 Å². The summed E-state index contributed by atoms with van der Waals surface area (Å²) in [6, 6.07) is 13.9. The van der Waals surface area contributed by atoms with Gasteiger partial charge in [-0.15, -0.1) is 0 Å². The van der Waals surface area contributed by atoms with E-state index in [0.29, 0.717) is 16.4 Å². The highest BCUT2D eigenvalue weighted by atomic mass is 35.5. The fourth-order valence-electron chi connectivity index (χ4n) is 3.01. The summed E-state index contributed by atoms with van der Waals surface area (Å²) < 4.78 is 5.05. The summed E-state index contributed by atoms with van der Waals surface area (Å²) >= 11 is 5.84. The third-order valence-electron chi connectivity index (χ3n) is 4.38. The predicted octanol–water partition coefficient (Wildman–Crippen LogP) is 3.15. The van der Waals surface area contributed by atoms with Crippen molar-refractivity contribution < 1.29 is 19.1 Å². The number of methoxy groups -OCH3 is 1. The Morgan fingerprint density at radius 3 is 2.43 bits per heavy atom. The molecule has 4 amide bonds. The number of halogens is 1. The molecule has 1 fully saturated rings. The minimum Gasteiger partial charge on any atom is -0.383 e. The van der Waals surface area contributed by atoms with Crippen LogP contribution in [0.4, 0.5) is 16.2 Å². The number of para-hydroxylation sites is 1. The highest BCUT2D eigenvalue weighted by molar-refractivity contribution is 6.30. The van der Waals surface area contributed by atoms with Crippen LogP contribution >= 0.6 is 11.6 Å². The summed E-state index contributed by atoms with van der Waals surface area (Å²) in [5.41, 5.74) is 1.04. The number of imide groups is 1. The molecule has 0 unspecified atom stereocenters. The number of benzene rings is 2. The summed E-state index contributed by atoms with van der Waals surface area (Å²) in [5.74, 6) is -0.802. The molecule has 8 heteroatoms. The lowest BCUT2D eigenvalue weighted by molar-refractivity contribution is -0.124. The quantitative estimate of drug-likeness (QED) is 0.723. The maximum Gasteiger partial charge on any atom is 0.332 e. The van der Waals surface area contributed by atoms with Crippen molar-refractivity contribution in [2.45, 2.75) is 12.5 Å². The maximum atomic E-state index is 12.9. The SMILES string of the molecule is COCCN1C(=O)N(c2ccccc2)C(=O)[C@@H]1CC(=O)Nc1ccc(Cl)cc1. The second-order valence-corrected chi connectivity index (χ2v) is 6.69. The first-order valence-corrected chi connectivity index (χ1v) is 9.13. The average molecular weight is 402 g/mol. The number of carbonyl (C=O) groups excluding carboxylic acids is 3. The van der Waals surface area contributed by atoms with Gasteiger partial charge in [-0.05, 0) is 36.4 Å². The minimum atomic E-state index is -0.893. The van der Waals surface area contributed by atoms with Crippen molar-refractivity contribution in [1.29, 1.82) is 0 Å². The van der Waals surface area contributed by atoms with Gasteiger partial charge >= 0.3 is 6.03 Å². The Balaban J connectivity index is 1.78. The zero-order chi connectivity index (χ0) is 20.1. The van der Waals surface area contributed by atoms with Gasteiger partial charge in [0.1, 0.15) is 6.04 Å². The maximum absolute atomic E-state index is 12.9. The molecule has 7 nitrogen and oxygen atoms in total. The van der Waals surface area contributed by atoms with E-state index in [1.54, 1.807) is 54.6 Å². The van der Waals surface area contributed by atoms with Crippen LogP contribution < -0.4 is 10.2 Å². The molecule has 0 aliphatic carbocycles. The topological polar surface area (TPSA) is 79.0 Å². The Morgan fingerprint density at radius 1 is 1.11 bits per heavy atom. The fourth-order valence-corrected chi connectivity index (χ4v) is 3.14. The van der Waals surface area contributed by atoms with E-state index < -0.39 is 18.0 Å². The van der Waals surface area contributed by atoms with Crippen LogP contribution in [-0.2, 0) is 14.3 Å². The van der Waals surface area contributed by atoms with Gasteiger partial charge in [0.2, 0.25) is 5.91 Å². The fraction of sp³-hybridized carbons (Fsp3) is 0.250. The molecule has 1 N–H and O–H groups in total. The molecule has 1 atom stereocenters. The number of ether oxygens (including phenoxy) is 1. The number of anilines is 2. The van der Waals surface area contributed by atoms with E-state index in [4.69, 9.17) is 16.3 Å². The highest BCUT2D eigenvalue weighted by Crippen LogP contribution is 2.27. The van der Waals surface area contributed by atoms with Gasteiger partial charge in [0.25, 0.3) is 5.91 Å². The van der Waals surface area contributed by atoms with Crippen molar-refractivity contribution in [2.75, 3.05) is 30.5 Å². The monoisotopic (exact) mass is 401 g/mol. The lowest BCUT2D eigenvalue weighted by atomic mass is 10.1. The summed E-state index contributed by atoms with van der Waals surface area (Å²) in [6.07, 6.45) is -0.153. The summed E-state index contributed by atoms with van der Waals surface area (Å²) in [5, 5.41) is 3.28. The van der Waals surface area contributed by atoms with E-state index in [1.165, 1.54) is 12.0 Å². The van der Waals surface area contributed by atoms with Gasteiger partial charge in [0.05, 0.1) is 18.7 Å². The van der Waals surface area contributed by atoms with E-state index >= 15 is 0 Å². The number of nitrogens with zero attached hydrogens (tertiary/aromatic N) is 2. The molecular weight excluding hydrogens is 382 g/mol. The molecule has 0 saturated carbocycles. The average Bonchev–Trinajstić information content (AvgIpc) is 2.92. The number of urea groups is 1. The molecule has 28 heavy (non-hydrogen) atoms. The molecule has 1 saturated heterocycles. The third-order valence-corrected chi connectivity index (χ3v) is 4.63. The van der Waals surface area contributed by atoms with Crippen LogP contribution in [-0.4, -0.2) is 49.0 Å². The van der Waals surface area contributed by atoms with Crippen molar-refractivity contribution in [2.24, 2.45) is 0 Å². The van der Waals surface area contributed by atoms with Crippen LogP contribution in [0, 0.1) is 0 Å². The number of carbonyl (C=O) groups is 3. The Morgan fingerprint density at radius 2 is 1.79 bits per heavy atom. The van der Waals surface area contributed by atoms with E-state index in [2.05, 4.69) is 5.32 Å². The largest absolute Gasteiger partial charge is 0.383 e. The zero-order valence-corrected chi connectivity index (χ0v) is 16.1. The van der Waals surface area contributed by atoms with E-state index in [1.807, 2.05) is 0 Å². The Labute approximate surface area is 167 Å². The standard InChI is InChI=1S/C20H20ClN3O4/c1-28-12-11-23-17(13-18(25)22-15-9-7-14(21)8-10-15)19(26)24(20(23)27)16-5-3-2-4-6-16/h2-10,17H,11-13H2,1H3,(H,22,25)/t17-/m0/s1. The first-order valence-electron chi connectivity index (χ1n) is 8.75. The zero-order valence-electron chi connectivity index (χ0n) is 15.3. The first-order chi connectivity index (χ1) is 13.5. The van der Waals surface area contributed by atoms with Crippen LogP contribution in [0.1, 0.15) is 6.42 Å². The molecule has 3 rings (SSSR count). The second kappa shape index (κ2) is 8.86. The predicted molar refractivity (Wildman–Crippen MR) is 106 cm³/mol. The lowest BCUT2D eigenvalue weighted by Crippen LogP contribution is -2.39. The summed E-state index contributed by atoms with van der Waals surface area (Å²) in [7, 11) is 1.51. The van der Waals surface area contributed by atoms with Crippen molar-refractivity contribution in [1.82, 2.24) is 4.90 Å². The first kappa shape index (κ1) is 19.9. The van der Waals surface area contributed by atoms with Crippen LogP contribution in [0.3, 0.4) is 0 Å². The molecule has 146 valence electrons. The van der Waals surface area contributed by atoms with Crippen LogP contribution in [0.15, 0.2) is 54.6 Å². The highest BCUT2D eigenvalue weighted by Gasteiger charge is 2.46. The van der Waals surface area contributed by atoms with Crippen molar-refractivity contribution in [3.8, 4) is 0 Å². The molecule has 1 aliphatic rings. The minimum absolute atomic E-state index is 0.153. The molecule has 2 aromatic carbocycles. The Bertz CT molecular complexity index is 858. The Hall–Kier alpha value is -2.90. The molecule has 1 aliphatic heterocycles. The van der Waals surface area contributed by atoms with Crippen molar-refractivity contribution in [3.63, 3.8) is 0 Å². The van der Waals surface area contributed by atoms with Gasteiger partial charge in [-0.25, -0.2) is 9.69 Å². The van der Waals surface area contributed by atoms with Gasteiger partial charge in [-0.2, -0.15) is 0 Å². The van der Waals surface area contributed by atoms with Crippen LogP contribution in [0.25, 0.3) is 0 Å². The number of amides is 4. The number of hydrogen-bond donors (Lipinski definition) is 1. The van der Waals surface area contributed by atoms with Gasteiger partial charge < -0.3 is 15.0 Å². The van der Waals surface area contributed by atoms with Crippen LogP contribution in [0.5, 0.6) is 0 Å². The smallest absolute Gasteiger partial charge is 0.332 e. The third kappa shape index (κ3) is 4.32. The molecule has 1 heterocycles. The van der Waals surface area contributed by atoms with Gasteiger partial charge in [0.15, 0.2) is 0 Å². The van der Waals surface area contributed by atoms with Gasteiger partial charge in [-0.1, -0.05) is 29.8 Å². The van der Waals surface area contributed by atoms with Gasteiger partial charge in [0, 0.05) is 24.4 Å². The number of hydrogen-bond acceptors (Lipinski definition) is 4. The molecule has 0 radical (unpaired) electrons. The summed E-state index contributed by atoms with van der Waals surface area (Å²) in [6.45, 7) is 0.472. The normalized spacial score (nSPS) is 16.6. The summed E-state index contributed by atoms with van der Waals surface area (Å²) in [4.78, 5) is 40.8. The molecule has 0 spiro atoms. The lowest BCUT2D eigenvalue weighted by Gasteiger charge is -2.21. The molecule has 0 bridgehead atoms. The van der Waals surface area contributed by atoms with E-state index in [9.17, 15) is 14.4 Å².